The van der Waals surface area contributed by atoms with Gasteiger partial charge in [0.1, 0.15) is 36.1 Å². The van der Waals surface area contributed by atoms with Gasteiger partial charge in [-0.1, -0.05) is 44.7 Å². The van der Waals surface area contributed by atoms with Gasteiger partial charge >= 0.3 is 12.1 Å². The number of rotatable bonds is 16. The fraction of sp³-hybridized carbons (Fsp3) is 0.517. The summed E-state index contributed by atoms with van der Waals surface area (Å²) < 4.78 is 15.7. The predicted molar refractivity (Wildman–Crippen MR) is 157 cm³/mol. The minimum Gasteiger partial charge on any atom is -0.490 e. The van der Waals surface area contributed by atoms with Crippen molar-refractivity contribution in [3.8, 4) is 5.75 Å². The molecule has 1 aromatic carbocycles. The van der Waals surface area contributed by atoms with E-state index in [2.05, 4.69) is 29.1 Å². The number of esters is 1. The minimum atomic E-state index is -1.05. The van der Waals surface area contributed by atoms with Crippen LogP contribution in [-0.4, -0.2) is 72.8 Å². The lowest BCUT2D eigenvalue weighted by Crippen LogP contribution is -2.58. The van der Waals surface area contributed by atoms with Crippen molar-refractivity contribution in [2.24, 2.45) is 5.92 Å². The van der Waals surface area contributed by atoms with E-state index < -0.39 is 47.6 Å². The molecule has 0 spiro atoms. The average molecular weight is 578 g/mol. The summed E-state index contributed by atoms with van der Waals surface area (Å²) >= 11 is 1.41. The molecule has 0 aliphatic heterocycles. The van der Waals surface area contributed by atoms with Crippen LogP contribution in [0.4, 0.5) is 4.79 Å². The molecule has 0 bridgehead atoms. The highest BCUT2D eigenvalue weighted by Gasteiger charge is 2.32. The van der Waals surface area contributed by atoms with E-state index in [1.165, 1.54) is 18.9 Å². The smallest absolute Gasteiger partial charge is 0.408 e. The summed E-state index contributed by atoms with van der Waals surface area (Å²) in [6.45, 7) is 16.3. The van der Waals surface area contributed by atoms with Crippen LogP contribution in [0.25, 0.3) is 0 Å². The largest absolute Gasteiger partial charge is 0.490 e. The van der Waals surface area contributed by atoms with Crippen LogP contribution < -0.4 is 20.7 Å². The Labute approximate surface area is 241 Å². The molecule has 0 unspecified atom stereocenters. The first-order chi connectivity index (χ1) is 18.8. The van der Waals surface area contributed by atoms with E-state index in [1.807, 2.05) is 0 Å². The van der Waals surface area contributed by atoms with Gasteiger partial charge in [0.05, 0.1) is 7.11 Å². The number of hydrogen-bond donors (Lipinski definition) is 3. The Balaban J connectivity index is 3.12. The van der Waals surface area contributed by atoms with E-state index in [0.717, 1.165) is 5.56 Å². The molecule has 0 saturated heterocycles. The van der Waals surface area contributed by atoms with Gasteiger partial charge < -0.3 is 30.2 Å². The molecule has 0 heterocycles. The van der Waals surface area contributed by atoms with Crippen LogP contribution in [0.3, 0.4) is 0 Å². The van der Waals surface area contributed by atoms with Crippen LogP contribution in [0.2, 0.25) is 0 Å². The van der Waals surface area contributed by atoms with Crippen molar-refractivity contribution >= 4 is 35.6 Å². The molecule has 10 nitrogen and oxygen atoms in total. The highest BCUT2D eigenvalue weighted by Crippen LogP contribution is 2.15. The van der Waals surface area contributed by atoms with E-state index in [4.69, 9.17) is 14.2 Å². The number of ether oxygens (including phenoxy) is 3. The number of benzene rings is 1. The molecule has 3 atom stereocenters. The van der Waals surface area contributed by atoms with Crippen LogP contribution >= 0.6 is 11.8 Å². The lowest BCUT2D eigenvalue weighted by molar-refractivity contribution is -0.144. The van der Waals surface area contributed by atoms with Crippen molar-refractivity contribution in [2.45, 2.75) is 64.8 Å². The van der Waals surface area contributed by atoms with E-state index >= 15 is 0 Å². The average Bonchev–Trinajstić information content (AvgIpc) is 2.88. The number of amides is 3. The zero-order valence-corrected chi connectivity index (χ0v) is 25.1. The minimum absolute atomic E-state index is 0.127. The Hall–Kier alpha value is -3.47. The van der Waals surface area contributed by atoms with Gasteiger partial charge in [-0.2, -0.15) is 11.8 Å². The Bertz CT molecular complexity index is 1010. The Morgan fingerprint density at radius 1 is 0.950 bits per heavy atom. The van der Waals surface area contributed by atoms with E-state index in [9.17, 15) is 19.2 Å². The number of carbonyl (C=O) groups excluding carboxylic acids is 4. The molecule has 0 aromatic heterocycles. The lowest BCUT2D eigenvalue weighted by Gasteiger charge is -2.27. The number of nitrogens with one attached hydrogen (secondary N) is 3. The standard InChI is InChI=1S/C29H43N3O7S/c1-9-15-38-21-13-11-20(12-14-21)17-22(31-28(36)39-29(5,6)7)25(33)32-24(19(3)4)26(34)30-23(27(35)37-8)18-40-16-10-2/h9-14,19,22-24H,1-2,15-18H2,3-8H3,(H,30,34)(H,31,36)(H,32,33)/t22-,23-,24-/m0/s1. The number of alkyl carbamates (subject to hydrolysis) is 1. The summed E-state index contributed by atoms with van der Waals surface area (Å²) in [7, 11) is 1.24. The highest BCUT2D eigenvalue weighted by atomic mass is 32.2. The van der Waals surface area contributed by atoms with Gasteiger partial charge in [-0.15, -0.1) is 6.58 Å². The zero-order valence-electron chi connectivity index (χ0n) is 24.3. The maximum atomic E-state index is 13.5. The number of thioether (sulfide) groups is 1. The van der Waals surface area contributed by atoms with Crippen LogP contribution in [0, 0.1) is 5.92 Å². The van der Waals surface area contributed by atoms with Gasteiger partial charge in [-0.25, -0.2) is 9.59 Å². The third-order valence-corrected chi connectivity index (χ3v) is 6.35. The van der Waals surface area contributed by atoms with Crippen LogP contribution in [0.15, 0.2) is 49.6 Å². The molecule has 1 rings (SSSR count). The molecule has 1 aromatic rings. The summed E-state index contributed by atoms with van der Waals surface area (Å²) in [6.07, 6.45) is 2.68. The topological polar surface area (TPSA) is 132 Å². The van der Waals surface area contributed by atoms with E-state index in [1.54, 1.807) is 71.0 Å². The van der Waals surface area contributed by atoms with Gasteiger partial charge in [-0.3, -0.25) is 9.59 Å². The van der Waals surface area contributed by atoms with Gasteiger partial charge in [0.2, 0.25) is 11.8 Å². The first-order valence-corrected chi connectivity index (χ1v) is 14.2. The molecule has 0 saturated carbocycles. The molecule has 0 aliphatic carbocycles. The third-order valence-electron chi connectivity index (χ3n) is 5.31. The second-order valence-electron chi connectivity index (χ2n) is 10.3. The van der Waals surface area contributed by atoms with Crippen molar-refractivity contribution in [1.29, 1.82) is 0 Å². The van der Waals surface area contributed by atoms with E-state index in [0.29, 0.717) is 18.1 Å². The van der Waals surface area contributed by atoms with Gasteiger partial charge in [0.25, 0.3) is 0 Å². The molecule has 0 radical (unpaired) electrons. The Morgan fingerprint density at radius 2 is 1.60 bits per heavy atom. The number of carbonyl (C=O) groups is 4. The SMILES string of the molecule is C=CCOc1ccc(C[C@H](NC(=O)OC(C)(C)C)C(=O)N[C@H](C(=O)N[C@@H](CSCC=C)C(=O)OC)C(C)C)cc1. The second-order valence-corrected chi connectivity index (χ2v) is 11.4. The molecule has 222 valence electrons. The molecule has 3 N–H and O–H groups in total. The predicted octanol–water partition coefficient (Wildman–Crippen LogP) is 3.41. The van der Waals surface area contributed by atoms with Gasteiger partial charge in [-0.05, 0) is 44.4 Å². The van der Waals surface area contributed by atoms with Crippen LogP contribution in [0.1, 0.15) is 40.2 Å². The fourth-order valence-electron chi connectivity index (χ4n) is 3.40. The molecular weight excluding hydrogens is 534 g/mol. The molecule has 40 heavy (non-hydrogen) atoms. The summed E-state index contributed by atoms with van der Waals surface area (Å²) in [6, 6.07) is 4.13. The van der Waals surface area contributed by atoms with Crippen molar-refractivity contribution in [3.63, 3.8) is 0 Å². The maximum Gasteiger partial charge on any atom is 0.408 e. The number of methoxy groups -OCH3 is 1. The summed E-state index contributed by atoms with van der Waals surface area (Å²) in [4.78, 5) is 51.5. The summed E-state index contributed by atoms with van der Waals surface area (Å²) in [5.74, 6) is -0.547. The summed E-state index contributed by atoms with van der Waals surface area (Å²) in [5, 5.41) is 8.04. The highest BCUT2D eigenvalue weighted by molar-refractivity contribution is 7.99. The normalized spacial score (nSPS) is 13.3. The third kappa shape index (κ3) is 13.1. The monoisotopic (exact) mass is 577 g/mol. The van der Waals surface area contributed by atoms with Crippen molar-refractivity contribution in [3.05, 3.63) is 55.1 Å². The lowest BCUT2D eigenvalue weighted by atomic mass is 10.0. The molecule has 0 fully saturated rings. The quantitative estimate of drug-likeness (QED) is 0.155. The zero-order chi connectivity index (χ0) is 30.3. The Morgan fingerprint density at radius 3 is 2.12 bits per heavy atom. The summed E-state index contributed by atoms with van der Waals surface area (Å²) in [5.41, 5.74) is -0.0278. The maximum absolute atomic E-state index is 13.5. The van der Waals surface area contributed by atoms with Crippen molar-refractivity contribution in [2.75, 3.05) is 25.2 Å². The van der Waals surface area contributed by atoms with Crippen LogP contribution in [-0.2, 0) is 30.3 Å². The Kier molecular flexibility index (Phi) is 14.9. The second kappa shape index (κ2) is 17.3. The van der Waals surface area contributed by atoms with Crippen molar-refractivity contribution in [1.82, 2.24) is 16.0 Å². The fourth-order valence-corrected chi connectivity index (χ4v) is 4.16. The molecule has 0 aliphatic rings. The first-order valence-electron chi connectivity index (χ1n) is 13.0. The molecular formula is C29H43N3O7S. The van der Waals surface area contributed by atoms with Crippen LogP contribution in [0.5, 0.6) is 5.75 Å². The van der Waals surface area contributed by atoms with Crippen molar-refractivity contribution < 1.29 is 33.4 Å². The molecule has 3 amide bonds. The van der Waals surface area contributed by atoms with Gasteiger partial charge in [0.15, 0.2) is 0 Å². The molecule has 11 heteroatoms. The van der Waals surface area contributed by atoms with E-state index in [-0.39, 0.29) is 18.1 Å². The first kappa shape index (κ1) is 34.6. The number of hydrogen-bond acceptors (Lipinski definition) is 8. The van der Waals surface area contributed by atoms with Gasteiger partial charge in [0, 0.05) is 17.9 Å².